The zero-order valence-corrected chi connectivity index (χ0v) is 19.6. The maximum Gasteiger partial charge on any atom is 0.331 e. The Balaban J connectivity index is 1.42. The van der Waals surface area contributed by atoms with Gasteiger partial charge in [-0.3, -0.25) is 4.79 Å². The predicted octanol–water partition coefficient (Wildman–Crippen LogP) is 2.80. The Bertz CT molecular complexity index is 1260. The van der Waals surface area contributed by atoms with E-state index < -0.39 is 28.3 Å². The van der Waals surface area contributed by atoms with E-state index in [0.29, 0.717) is 6.42 Å². The summed E-state index contributed by atoms with van der Waals surface area (Å²) in [7, 11) is -1.57. The second-order valence-electron chi connectivity index (χ2n) is 7.69. The van der Waals surface area contributed by atoms with Crippen LogP contribution in [0.5, 0.6) is 0 Å². The first-order valence-corrected chi connectivity index (χ1v) is 13.0. The van der Waals surface area contributed by atoms with Crippen molar-refractivity contribution in [1.82, 2.24) is 14.7 Å². The minimum atomic E-state index is -3.11. The summed E-state index contributed by atoms with van der Waals surface area (Å²) in [6.07, 6.45) is 5.10. The average Bonchev–Trinajstić information content (AvgIpc) is 3.55. The first-order chi connectivity index (χ1) is 15.8. The van der Waals surface area contributed by atoms with Crippen molar-refractivity contribution in [2.24, 2.45) is 0 Å². The highest BCUT2D eigenvalue weighted by molar-refractivity contribution is 7.91. The predicted molar refractivity (Wildman–Crippen MR) is 127 cm³/mol. The number of aromatic nitrogens is 2. The van der Waals surface area contributed by atoms with Crippen LogP contribution in [0.25, 0.3) is 22.3 Å². The second kappa shape index (κ2) is 9.72. The van der Waals surface area contributed by atoms with E-state index in [4.69, 9.17) is 4.74 Å². The number of carbonyl (C=O) groups is 2. The fourth-order valence-corrected chi connectivity index (χ4v) is 6.06. The van der Waals surface area contributed by atoms with Gasteiger partial charge in [-0.15, -0.1) is 11.3 Å². The van der Waals surface area contributed by atoms with Crippen molar-refractivity contribution >= 4 is 39.1 Å². The summed E-state index contributed by atoms with van der Waals surface area (Å²) in [5, 5.41) is 6.62. The molecule has 3 aromatic rings. The maximum absolute atomic E-state index is 12.3. The minimum Gasteiger partial charge on any atom is -0.452 e. The lowest BCUT2D eigenvalue weighted by atomic mass is 10.2. The topological polar surface area (TPSA) is 98.6 Å². The van der Waals surface area contributed by atoms with Crippen molar-refractivity contribution in [1.29, 1.82) is 0 Å². The lowest BCUT2D eigenvalue weighted by Gasteiger charge is -2.22. The molecule has 0 bridgehead atoms. The molecule has 33 heavy (non-hydrogen) atoms. The third-order valence-corrected chi connectivity index (χ3v) is 8.03. The van der Waals surface area contributed by atoms with Gasteiger partial charge in [0.25, 0.3) is 5.91 Å². The van der Waals surface area contributed by atoms with Crippen LogP contribution in [-0.4, -0.2) is 66.2 Å². The number of para-hydroxylation sites is 1. The van der Waals surface area contributed by atoms with Crippen molar-refractivity contribution in [2.45, 2.75) is 12.5 Å². The van der Waals surface area contributed by atoms with Gasteiger partial charge in [0, 0.05) is 30.9 Å². The molecule has 0 spiro atoms. The van der Waals surface area contributed by atoms with Crippen molar-refractivity contribution in [3.63, 3.8) is 0 Å². The molecule has 0 aliphatic carbocycles. The largest absolute Gasteiger partial charge is 0.452 e. The standard InChI is InChI=1S/C23H23N3O5S2/c1-25(19-11-13-33(29,30)16-19)21(27)15-31-22(28)10-9-17-14-26(18-6-3-2-4-7-18)24-23(17)20-8-5-12-32-20/h2-10,12,14,19H,11,13,15-16H2,1H3/b10-9+/t19-/m1/s1. The first kappa shape index (κ1) is 22.9. The van der Waals surface area contributed by atoms with E-state index in [-0.39, 0.29) is 17.5 Å². The molecule has 1 amide bonds. The molecule has 0 unspecified atom stereocenters. The van der Waals surface area contributed by atoms with Crippen LogP contribution < -0.4 is 0 Å². The third kappa shape index (κ3) is 5.58. The fraction of sp³-hybridized carbons (Fsp3) is 0.261. The third-order valence-electron chi connectivity index (χ3n) is 5.40. The zero-order chi connectivity index (χ0) is 23.4. The summed E-state index contributed by atoms with van der Waals surface area (Å²) >= 11 is 1.54. The van der Waals surface area contributed by atoms with Gasteiger partial charge in [-0.25, -0.2) is 17.9 Å². The van der Waals surface area contributed by atoms with Gasteiger partial charge in [0.05, 0.1) is 22.1 Å². The van der Waals surface area contributed by atoms with Crippen LogP contribution in [0.2, 0.25) is 0 Å². The molecule has 1 aromatic carbocycles. The van der Waals surface area contributed by atoms with Gasteiger partial charge in [-0.2, -0.15) is 5.10 Å². The van der Waals surface area contributed by atoms with E-state index >= 15 is 0 Å². The lowest BCUT2D eigenvalue weighted by Crippen LogP contribution is -2.40. The molecule has 172 valence electrons. The molecule has 1 fully saturated rings. The Morgan fingerprint density at radius 2 is 2.03 bits per heavy atom. The van der Waals surface area contributed by atoms with E-state index in [0.717, 1.165) is 21.8 Å². The van der Waals surface area contributed by atoms with Gasteiger partial charge in [-0.05, 0) is 36.1 Å². The lowest BCUT2D eigenvalue weighted by molar-refractivity contribution is -0.148. The van der Waals surface area contributed by atoms with Crippen LogP contribution in [0, 0.1) is 0 Å². The number of thiophene rings is 1. The quantitative estimate of drug-likeness (QED) is 0.377. The molecule has 2 aromatic heterocycles. The Morgan fingerprint density at radius 1 is 1.24 bits per heavy atom. The number of carbonyl (C=O) groups excluding carboxylic acids is 2. The van der Waals surface area contributed by atoms with Gasteiger partial charge >= 0.3 is 5.97 Å². The first-order valence-electron chi connectivity index (χ1n) is 10.3. The Labute approximate surface area is 196 Å². The van der Waals surface area contributed by atoms with Crippen molar-refractivity contribution < 1.29 is 22.7 Å². The molecule has 10 heteroatoms. The molecular weight excluding hydrogens is 462 g/mol. The minimum absolute atomic E-state index is 0.0556. The highest BCUT2D eigenvalue weighted by atomic mass is 32.2. The summed E-state index contributed by atoms with van der Waals surface area (Å²) in [6, 6.07) is 13.1. The van der Waals surface area contributed by atoms with Crippen molar-refractivity contribution in [3.8, 4) is 16.3 Å². The van der Waals surface area contributed by atoms with Gasteiger partial charge in [0.1, 0.15) is 5.69 Å². The number of amides is 1. The molecule has 1 saturated heterocycles. The normalized spacial score (nSPS) is 17.3. The smallest absolute Gasteiger partial charge is 0.331 e. The van der Waals surface area contributed by atoms with Gasteiger partial charge in [0.15, 0.2) is 16.4 Å². The molecule has 8 nitrogen and oxygen atoms in total. The number of nitrogens with zero attached hydrogens (tertiary/aromatic N) is 3. The number of esters is 1. The number of benzene rings is 1. The zero-order valence-electron chi connectivity index (χ0n) is 18.0. The van der Waals surface area contributed by atoms with Crippen LogP contribution >= 0.6 is 11.3 Å². The van der Waals surface area contributed by atoms with E-state index in [9.17, 15) is 18.0 Å². The SMILES string of the molecule is CN(C(=O)COC(=O)/C=C/c1cn(-c2ccccc2)nc1-c1cccs1)[C@@H]1CCS(=O)(=O)C1. The van der Waals surface area contributed by atoms with Crippen LogP contribution in [0.1, 0.15) is 12.0 Å². The molecule has 0 radical (unpaired) electrons. The number of hydrogen-bond donors (Lipinski definition) is 0. The highest BCUT2D eigenvalue weighted by Crippen LogP contribution is 2.28. The molecular formula is C23H23N3O5S2. The number of likely N-dealkylation sites (N-methyl/N-ethyl adjacent to an activating group) is 1. The summed E-state index contributed by atoms with van der Waals surface area (Å²) in [4.78, 5) is 26.9. The maximum atomic E-state index is 12.3. The van der Waals surface area contributed by atoms with Crippen LogP contribution in [-0.2, 0) is 24.2 Å². The molecule has 1 atom stereocenters. The van der Waals surface area contributed by atoms with E-state index in [1.54, 1.807) is 22.1 Å². The van der Waals surface area contributed by atoms with E-state index in [2.05, 4.69) is 5.10 Å². The number of ether oxygens (including phenoxy) is 1. The van der Waals surface area contributed by atoms with Crippen molar-refractivity contribution in [2.75, 3.05) is 25.2 Å². The summed E-state index contributed by atoms with van der Waals surface area (Å²) in [5.41, 5.74) is 2.36. The number of hydrogen-bond acceptors (Lipinski definition) is 7. The Hall–Kier alpha value is -3.24. The molecule has 3 heterocycles. The summed E-state index contributed by atoms with van der Waals surface area (Å²) in [5.74, 6) is -1.09. The fourth-order valence-electron chi connectivity index (χ4n) is 3.55. The van der Waals surface area contributed by atoms with Crippen LogP contribution in [0.15, 0.2) is 60.1 Å². The summed E-state index contributed by atoms with van der Waals surface area (Å²) < 4.78 is 30.1. The molecule has 0 N–H and O–H groups in total. The number of rotatable bonds is 7. The van der Waals surface area contributed by atoms with Crippen molar-refractivity contribution in [3.05, 3.63) is 65.7 Å². The Morgan fingerprint density at radius 3 is 2.70 bits per heavy atom. The van der Waals surface area contributed by atoms with E-state index in [1.165, 1.54) is 18.0 Å². The van der Waals surface area contributed by atoms with Crippen LogP contribution in [0.4, 0.5) is 0 Å². The number of sulfone groups is 1. The average molecular weight is 486 g/mol. The highest BCUT2D eigenvalue weighted by Gasteiger charge is 2.32. The second-order valence-corrected chi connectivity index (χ2v) is 10.9. The molecule has 0 saturated carbocycles. The molecule has 1 aliphatic heterocycles. The Kier molecular flexibility index (Phi) is 6.75. The summed E-state index contributed by atoms with van der Waals surface area (Å²) in [6.45, 7) is -0.447. The molecule has 1 aliphatic rings. The van der Waals surface area contributed by atoms with Gasteiger partial charge in [-0.1, -0.05) is 24.3 Å². The monoisotopic (exact) mass is 485 g/mol. The van der Waals surface area contributed by atoms with Crippen LogP contribution in [0.3, 0.4) is 0 Å². The van der Waals surface area contributed by atoms with Gasteiger partial charge in [0.2, 0.25) is 0 Å². The van der Waals surface area contributed by atoms with E-state index in [1.807, 2.05) is 54.0 Å². The van der Waals surface area contributed by atoms with Gasteiger partial charge < -0.3 is 9.64 Å². The molecule has 4 rings (SSSR count).